The lowest BCUT2D eigenvalue weighted by molar-refractivity contribution is 0.335. The minimum atomic E-state index is -0.597. The number of aryl methyl sites for hydroxylation is 1. The van der Waals surface area contributed by atoms with Gasteiger partial charge in [-0.25, -0.2) is 9.18 Å². The van der Waals surface area contributed by atoms with E-state index in [4.69, 9.17) is 9.15 Å². The third-order valence-electron chi connectivity index (χ3n) is 7.35. The van der Waals surface area contributed by atoms with Gasteiger partial charge in [0.1, 0.15) is 22.7 Å². The largest absolute Gasteiger partial charge is 0.494 e. The van der Waals surface area contributed by atoms with Gasteiger partial charge >= 0.3 is 5.63 Å². The van der Waals surface area contributed by atoms with Crippen LogP contribution < -0.4 is 10.4 Å². The van der Waals surface area contributed by atoms with Crippen LogP contribution in [0.3, 0.4) is 0 Å². The number of hydrogen-bond acceptors (Lipinski definition) is 3. The van der Waals surface area contributed by atoms with Gasteiger partial charge < -0.3 is 9.15 Å². The SMILES string of the molecule is CCOc1ccc(-c2ccc3cc(C4CCC(c5ccc(CC)cc5)CC4)oc(=O)c3c2F)cc1. The molecule has 0 saturated heterocycles. The summed E-state index contributed by atoms with van der Waals surface area (Å²) in [5.41, 5.74) is 3.24. The van der Waals surface area contributed by atoms with E-state index in [0.717, 1.165) is 37.9 Å². The minimum Gasteiger partial charge on any atom is -0.494 e. The van der Waals surface area contributed by atoms with Gasteiger partial charge in [0.2, 0.25) is 0 Å². The monoisotopic (exact) mass is 470 g/mol. The highest BCUT2D eigenvalue weighted by Crippen LogP contribution is 2.41. The molecule has 5 rings (SSSR count). The Morgan fingerprint density at radius 3 is 2.23 bits per heavy atom. The van der Waals surface area contributed by atoms with Crippen LogP contribution in [0.25, 0.3) is 21.9 Å². The summed E-state index contributed by atoms with van der Waals surface area (Å²) in [6.07, 6.45) is 5.09. The van der Waals surface area contributed by atoms with Crippen molar-refractivity contribution in [2.45, 2.75) is 57.8 Å². The van der Waals surface area contributed by atoms with Gasteiger partial charge in [0.15, 0.2) is 0 Å². The summed E-state index contributed by atoms with van der Waals surface area (Å²) in [4.78, 5) is 12.9. The molecule has 4 heteroatoms. The highest BCUT2D eigenvalue weighted by molar-refractivity contribution is 5.87. The van der Waals surface area contributed by atoms with Crippen LogP contribution >= 0.6 is 0 Å². The molecule has 0 bridgehead atoms. The Bertz CT molecular complexity index is 1360. The first-order chi connectivity index (χ1) is 17.1. The normalized spacial score (nSPS) is 18.0. The topological polar surface area (TPSA) is 39.4 Å². The number of benzene rings is 3. The molecular formula is C31H31FO3. The van der Waals surface area contributed by atoms with Gasteiger partial charge in [-0.3, -0.25) is 0 Å². The van der Waals surface area contributed by atoms with Crippen LogP contribution in [-0.2, 0) is 6.42 Å². The Balaban J connectivity index is 1.37. The second kappa shape index (κ2) is 10.1. The summed E-state index contributed by atoms with van der Waals surface area (Å²) in [6, 6.07) is 21.6. The summed E-state index contributed by atoms with van der Waals surface area (Å²) >= 11 is 0. The molecule has 1 saturated carbocycles. The van der Waals surface area contributed by atoms with E-state index in [0.29, 0.717) is 34.8 Å². The van der Waals surface area contributed by atoms with Gasteiger partial charge in [-0.1, -0.05) is 55.5 Å². The van der Waals surface area contributed by atoms with Crippen molar-refractivity contribution in [3.05, 3.63) is 99.9 Å². The van der Waals surface area contributed by atoms with Crippen LogP contribution in [0.2, 0.25) is 0 Å². The summed E-state index contributed by atoms with van der Waals surface area (Å²) in [5.74, 6) is 1.60. The molecule has 1 heterocycles. The smallest absolute Gasteiger partial charge is 0.346 e. The summed E-state index contributed by atoms with van der Waals surface area (Å²) < 4.78 is 26.6. The Morgan fingerprint density at radius 1 is 0.886 bits per heavy atom. The zero-order valence-corrected chi connectivity index (χ0v) is 20.4. The number of hydrogen-bond donors (Lipinski definition) is 0. The molecule has 1 aliphatic carbocycles. The second-order valence-electron chi connectivity index (χ2n) is 9.43. The van der Waals surface area contributed by atoms with Crippen molar-refractivity contribution in [2.24, 2.45) is 0 Å². The standard InChI is InChI=1S/C31H31FO3/c1-3-20-5-7-21(8-6-20)22-9-11-24(12-10-22)28-19-25-15-18-27(30(32)29(25)31(33)35-28)23-13-16-26(17-14-23)34-4-2/h5-8,13-19,22,24H,3-4,9-12H2,1-2H3. The lowest BCUT2D eigenvalue weighted by Gasteiger charge is -2.28. The van der Waals surface area contributed by atoms with E-state index in [9.17, 15) is 4.79 Å². The molecule has 0 amide bonds. The molecule has 4 aromatic rings. The number of ether oxygens (including phenoxy) is 1. The predicted octanol–water partition coefficient (Wildman–Crippen LogP) is 8.00. The van der Waals surface area contributed by atoms with Crippen molar-refractivity contribution in [3.63, 3.8) is 0 Å². The van der Waals surface area contributed by atoms with Crippen molar-refractivity contribution >= 4 is 10.8 Å². The molecule has 0 radical (unpaired) electrons. The van der Waals surface area contributed by atoms with Gasteiger partial charge in [0.05, 0.1) is 6.61 Å². The third-order valence-corrected chi connectivity index (χ3v) is 7.35. The van der Waals surface area contributed by atoms with E-state index in [2.05, 4.69) is 31.2 Å². The van der Waals surface area contributed by atoms with E-state index in [-0.39, 0.29) is 11.3 Å². The summed E-state index contributed by atoms with van der Waals surface area (Å²) in [7, 11) is 0. The lowest BCUT2D eigenvalue weighted by Crippen LogP contribution is -2.14. The maximum Gasteiger partial charge on any atom is 0.346 e. The lowest BCUT2D eigenvalue weighted by atomic mass is 9.77. The van der Waals surface area contributed by atoms with Gasteiger partial charge in [-0.15, -0.1) is 0 Å². The number of fused-ring (bicyclic) bond motifs is 1. The van der Waals surface area contributed by atoms with Crippen LogP contribution in [0.15, 0.2) is 75.9 Å². The van der Waals surface area contributed by atoms with Crippen LogP contribution in [0, 0.1) is 5.82 Å². The molecule has 35 heavy (non-hydrogen) atoms. The fourth-order valence-electron chi connectivity index (χ4n) is 5.32. The first kappa shape index (κ1) is 23.3. The zero-order valence-electron chi connectivity index (χ0n) is 20.4. The second-order valence-corrected chi connectivity index (χ2v) is 9.43. The number of halogens is 1. The van der Waals surface area contributed by atoms with Gasteiger partial charge in [0, 0.05) is 11.5 Å². The Hall–Kier alpha value is -3.40. The van der Waals surface area contributed by atoms with Crippen molar-refractivity contribution in [1.82, 2.24) is 0 Å². The molecule has 0 unspecified atom stereocenters. The van der Waals surface area contributed by atoms with E-state index >= 15 is 4.39 Å². The maximum absolute atomic E-state index is 15.4. The minimum absolute atomic E-state index is 0.0184. The fraction of sp³-hybridized carbons (Fsp3) is 0.323. The van der Waals surface area contributed by atoms with E-state index in [1.54, 1.807) is 18.2 Å². The van der Waals surface area contributed by atoms with Crippen molar-refractivity contribution in [3.8, 4) is 16.9 Å². The van der Waals surface area contributed by atoms with E-state index < -0.39 is 11.4 Å². The third kappa shape index (κ3) is 4.75. The van der Waals surface area contributed by atoms with Crippen LogP contribution in [0.4, 0.5) is 4.39 Å². The molecule has 0 aliphatic heterocycles. The zero-order chi connectivity index (χ0) is 24.4. The highest BCUT2D eigenvalue weighted by Gasteiger charge is 2.26. The number of rotatable bonds is 6. The van der Waals surface area contributed by atoms with E-state index in [1.165, 1.54) is 11.1 Å². The molecule has 3 aromatic carbocycles. The molecule has 3 nitrogen and oxygen atoms in total. The molecular weight excluding hydrogens is 439 g/mol. The van der Waals surface area contributed by atoms with Crippen LogP contribution in [0.5, 0.6) is 5.75 Å². The highest BCUT2D eigenvalue weighted by atomic mass is 19.1. The molecule has 1 aromatic heterocycles. The fourth-order valence-corrected chi connectivity index (χ4v) is 5.32. The average Bonchev–Trinajstić information content (AvgIpc) is 2.89. The van der Waals surface area contributed by atoms with Crippen molar-refractivity contribution in [2.75, 3.05) is 6.61 Å². The van der Waals surface area contributed by atoms with Crippen molar-refractivity contribution < 1.29 is 13.5 Å². The predicted molar refractivity (Wildman–Crippen MR) is 139 cm³/mol. The van der Waals surface area contributed by atoms with Crippen LogP contribution in [0.1, 0.15) is 68.3 Å². The quantitative estimate of drug-likeness (QED) is 0.287. The van der Waals surface area contributed by atoms with Crippen LogP contribution in [-0.4, -0.2) is 6.61 Å². The first-order valence-corrected chi connectivity index (χ1v) is 12.7. The molecule has 0 atom stereocenters. The summed E-state index contributed by atoms with van der Waals surface area (Å²) in [5, 5.41) is 0.616. The molecule has 0 N–H and O–H groups in total. The first-order valence-electron chi connectivity index (χ1n) is 12.7. The Kier molecular flexibility index (Phi) is 6.72. The molecule has 1 fully saturated rings. The maximum atomic E-state index is 15.4. The molecule has 1 aliphatic rings. The molecule has 180 valence electrons. The van der Waals surface area contributed by atoms with Gasteiger partial charge in [0.25, 0.3) is 0 Å². The van der Waals surface area contributed by atoms with E-state index in [1.807, 2.05) is 31.2 Å². The Labute approximate surface area is 205 Å². The average molecular weight is 471 g/mol. The Morgan fingerprint density at radius 2 is 1.57 bits per heavy atom. The van der Waals surface area contributed by atoms with Gasteiger partial charge in [-0.05, 0) is 85.2 Å². The molecule has 0 spiro atoms. The summed E-state index contributed by atoms with van der Waals surface area (Å²) in [6.45, 7) is 4.66. The van der Waals surface area contributed by atoms with Gasteiger partial charge in [-0.2, -0.15) is 0 Å². The van der Waals surface area contributed by atoms with Crippen molar-refractivity contribution in [1.29, 1.82) is 0 Å².